The summed E-state index contributed by atoms with van der Waals surface area (Å²) in [5.74, 6) is -0.571. The van der Waals surface area contributed by atoms with Crippen molar-refractivity contribution in [3.8, 4) is 11.5 Å². The Morgan fingerprint density at radius 2 is 2.05 bits per heavy atom. The summed E-state index contributed by atoms with van der Waals surface area (Å²) in [6, 6.07) is 7.51. The number of hydrogen-bond acceptors (Lipinski definition) is 4. The van der Waals surface area contributed by atoms with Crippen LogP contribution in [0, 0.1) is 15.9 Å². The molecule has 0 aliphatic rings. The first-order valence-corrected chi connectivity index (χ1v) is 6.35. The average molecular weight is 312 g/mol. The Morgan fingerprint density at radius 1 is 1.33 bits per heavy atom. The van der Waals surface area contributed by atoms with Crippen LogP contribution in [-0.2, 0) is 0 Å². The molecule has 1 N–H and O–H groups in total. The second-order valence-electron chi connectivity index (χ2n) is 4.33. The van der Waals surface area contributed by atoms with E-state index < -0.39 is 22.5 Å². The van der Waals surface area contributed by atoms with Crippen molar-refractivity contribution < 1.29 is 19.2 Å². The summed E-state index contributed by atoms with van der Waals surface area (Å²) in [5.41, 5.74) is 0.0309. The molecule has 1 atom stereocenters. The first-order valence-electron chi connectivity index (χ1n) is 5.98. The number of aliphatic hydroxyl groups excluding tert-OH is 1. The van der Waals surface area contributed by atoms with Crippen LogP contribution in [0.1, 0.15) is 18.6 Å². The maximum Gasteiger partial charge on any atom is 0.314 e. The van der Waals surface area contributed by atoms with Crippen molar-refractivity contribution in [3.63, 3.8) is 0 Å². The van der Waals surface area contributed by atoms with Crippen LogP contribution >= 0.6 is 11.6 Å². The molecule has 0 heterocycles. The Balaban J connectivity index is 2.35. The average Bonchev–Trinajstić information content (AvgIpc) is 2.40. The highest BCUT2D eigenvalue weighted by atomic mass is 35.5. The Hall–Kier alpha value is -2.18. The first-order chi connectivity index (χ1) is 9.88. The Kier molecular flexibility index (Phi) is 4.40. The number of nitrogens with zero attached hydrogens (tertiary/aromatic N) is 1. The van der Waals surface area contributed by atoms with Gasteiger partial charge < -0.3 is 9.84 Å². The molecule has 0 spiro atoms. The van der Waals surface area contributed by atoms with Crippen LogP contribution < -0.4 is 4.74 Å². The van der Waals surface area contributed by atoms with Crippen LogP contribution in [0.2, 0.25) is 5.02 Å². The topological polar surface area (TPSA) is 72.6 Å². The lowest BCUT2D eigenvalue weighted by atomic mass is 10.1. The highest BCUT2D eigenvalue weighted by Gasteiger charge is 2.17. The van der Waals surface area contributed by atoms with E-state index in [0.717, 1.165) is 12.1 Å². The van der Waals surface area contributed by atoms with Crippen molar-refractivity contribution in [3.05, 3.63) is 62.9 Å². The summed E-state index contributed by atoms with van der Waals surface area (Å²) < 4.78 is 18.4. The molecule has 0 saturated carbocycles. The van der Waals surface area contributed by atoms with Gasteiger partial charge in [-0.1, -0.05) is 17.7 Å². The lowest BCUT2D eigenvalue weighted by Gasteiger charge is -2.10. The molecule has 0 aromatic heterocycles. The number of aliphatic hydroxyl groups is 1. The van der Waals surface area contributed by atoms with E-state index in [4.69, 9.17) is 16.3 Å². The SMILES string of the molecule is CC(O)c1ccc(Oc2ccc(F)cc2[N+](=O)[O-])cc1Cl. The second-order valence-corrected chi connectivity index (χ2v) is 4.74. The molecule has 5 nitrogen and oxygen atoms in total. The van der Waals surface area contributed by atoms with Gasteiger partial charge in [-0.15, -0.1) is 0 Å². The number of halogens is 2. The number of rotatable bonds is 4. The van der Waals surface area contributed by atoms with Gasteiger partial charge in [0.05, 0.1) is 22.1 Å². The van der Waals surface area contributed by atoms with Gasteiger partial charge in [0.15, 0.2) is 0 Å². The van der Waals surface area contributed by atoms with E-state index in [1.165, 1.54) is 18.2 Å². The van der Waals surface area contributed by atoms with Crippen molar-refractivity contribution in [2.45, 2.75) is 13.0 Å². The number of nitro benzene ring substituents is 1. The third-order valence-electron chi connectivity index (χ3n) is 2.77. The third-order valence-corrected chi connectivity index (χ3v) is 3.09. The van der Waals surface area contributed by atoms with Crippen LogP contribution in [0.25, 0.3) is 0 Å². The van der Waals surface area contributed by atoms with Gasteiger partial charge in [0.1, 0.15) is 11.6 Å². The van der Waals surface area contributed by atoms with Crippen LogP contribution in [0.5, 0.6) is 11.5 Å². The molecule has 2 rings (SSSR count). The summed E-state index contributed by atoms with van der Waals surface area (Å²) >= 11 is 5.98. The van der Waals surface area contributed by atoms with Gasteiger partial charge in [-0.3, -0.25) is 10.1 Å². The van der Waals surface area contributed by atoms with Gasteiger partial charge in [0.25, 0.3) is 0 Å². The fourth-order valence-electron chi connectivity index (χ4n) is 1.76. The molecule has 1 unspecified atom stereocenters. The molecule has 21 heavy (non-hydrogen) atoms. The molecule has 2 aromatic rings. The molecule has 0 bridgehead atoms. The minimum Gasteiger partial charge on any atom is -0.450 e. The smallest absolute Gasteiger partial charge is 0.314 e. The van der Waals surface area contributed by atoms with E-state index in [9.17, 15) is 19.6 Å². The molecule has 0 aliphatic carbocycles. The molecular weight excluding hydrogens is 301 g/mol. The molecule has 0 aliphatic heterocycles. The van der Waals surface area contributed by atoms with Gasteiger partial charge in [-0.25, -0.2) is 4.39 Å². The molecular formula is C14H11ClFNO4. The number of benzene rings is 2. The lowest BCUT2D eigenvalue weighted by Crippen LogP contribution is -1.96. The summed E-state index contributed by atoms with van der Waals surface area (Å²) in [6.07, 6.45) is -0.744. The zero-order chi connectivity index (χ0) is 15.6. The summed E-state index contributed by atoms with van der Waals surface area (Å²) in [5, 5.41) is 20.6. The summed E-state index contributed by atoms with van der Waals surface area (Å²) in [6.45, 7) is 1.56. The van der Waals surface area contributed by atoms with Crippen LogP contribution in [-0.4, -0.2) is 10.0 Å². The van der Waals surface area contributed by atoms with Crippen LogP contribution in [0.3, 0.4) is 0 Å². The highest BCUT2D eigenvalue weighted by molar-refractivity contribution is 6.31. The van der Waals surface area contributed by atoms with Gasteiger partial charge >= 0.3 is 5.69 Å². The predicted octanol–water partition coefficient (Wildman–Crippen LogP) is 4.23. The van der Waals surface area contributed by atoms with Crippen molar-refractivity contribution >= 4 is 17.3 Å². The molecule has 110 valence electrons. The lowest BCUT2D eigenvalue weighted by molar-refractivity contribution is -0.385. The summed E-state index contributed by atoms with van der Waals surface area (Å²) in [4.78, 5) is 10.1. The highest BCUT2D eigenvalue weighted by Crippen LogP contribution is 2.34. The van der Waals surface area contributed by atoms with E-state index in [-0.39, 0.29) is 16.5 Å². The largest absolute Gasteiger partial charge is 0.450 e. The van der Waals surface area contributed by atoms with Crippen molar-refractivity contribution in [1.29, 1.82) is 0 Å². The molecule has 0 amide bonds. The molecule has 0 fully saturated rings. The summed E-state index contributed by atoms with van der Waals surface area (Å²) in [7, 11) is 0. The fraction of sp³-hybridized carbons (Fsp3) is 0.143. The second kappa shape index (κ2) is 6.07. The van der Waals surface area contributed by atoms with E-state index in [1.807, 2.05) is 0 Å². The monoisotopic (exact) mass is 311 g/mol. The van der Waals surface area contributed by atoms with Gasteiger partial charge in [-0.2, -0.15) is 0 Å². The maximum absolute atomic E-state index is 13.0. The quantitative estimate of drug-likeness (QED) is 0.677. The Labute approximate surface area is 124 Å². The molecule has 2 aromatic carbocycles. The molecule has 0 saturated heterocycles. The fourth-order valence-corrected chi connectivity index (χ4v) is 2.09. The first kappa shape index (κ1) is 15.2. The van der Waals surface area contributed by atoms with E-state index in [2.05, 4.69) is 0 Å². The van der Waals surface area contributed by atoms with E-state index >= 15 is 0 Å². The predicted molar refractivity (Wildman–Crippen MR) is 75.2 cm³/mol. The van der Waals surface area contributed by atoms with Gasteiger partial charge in [0.2, 0.25) is 5.75 Å². The van der Waals surface area contributed by atoms with Crippen LogP contribution in [0.4, 0.5) is 10.1 Å². The van der Waals surface area contributed by atoms with Gasteiger partial charge in [0, 0.05) is 0 Å². The Bertz CT molecular complexity index is 691. The molecule has 0 radical (unpaired) electrons. The standard InChI is InChI=1S/C14H11ClFNO4/c1-8(18)11-4-3-10(7-12(11)15)21-14-5-2-9(16)6-13(14)17(19)20/h2-8,18H,1H3. The van der Waals surface area contributed by atoms with Crippen molar-refractivity contribution in [1.82, 2.24) is 0 Å². The zero-order valence-corrected chi connectivity index (χ0v) is 11.7. The molecule has 7 heteroatoms. The number of ether oxygens (including phenoxy) is 1. The third kappa shape index (κ3) is 3.48. The van der Waals surface area contributed by atoms with Crippen molar-refractivity contribution in [2.75, 3.05) is 0 Å². The van der Waals surface area contributed by atoms with E-state index in [0.29, 0.717) is 5.56 Å². The number of nitro groups is 1. The van der Waals surface area contributed by atoms with Crippen molar-refractivity contribution in [2.24, 2.45) is 0 Å². The van der Waals surface area contributed by atoms with Crippen LogP contribution in [0.15, 0.2) is 36.4 Å². The Morgan fingerprint density at radius 3 is 2.62 bits per heavy atom. The maximum atomic E-state index is 13.0. The normalized spacial score (nSPS) is 12.0. The van der Waals surface area contributed by atoms with Gasteiger partial charge in [-0.05, 0) is 36.8 Å². The zero-order valence-electron chi connectivity index (χ0n) is 10.9. The minimum atomic E-state index is -0.744. The number of hydrogen-bond donors (Lipinski definition) is 1. The van der Waals surface area contributed by atoms with E-state index in [1.54, 1.807) is 13.0 Å². The minimum absolute atomic E-state index is 0.0951.